The van der Waals surface area contributed by atoms with E-state index in [1.54, 1.807) is 11.3 Å². The summed E-state index contributed by atoms with van der Waals surface area (Å²) in [6.45, 7) is 0.696. The minimum atomic E-state index is -4.13. The molecule has 152 valence electrons. The van der Waals surface area contributed by atoms with Crippen molar-refractivity contribution in [2.45, 2.75) is 24.2 Å². The first-order valence-electron chi connectivity index (χ1n) is 8.74. The Kier molecular flexibility index (Phi) is 6.85. The average Bonchev–Trinajstić information content (AvgIpc) is 3.08. The van der Waals surface area contributed by atoms with Crippen LogP contribution in [-0.4, -0.2) is 38.3 Å². The molecule has 0 bridgehead atoms. The quantitative estimate of drug-likeness (QED) is 0.670. The van der Waals surface area contributed by atoms with Crippen LogP contribution in [-0.2, 0) is 21.2 Å². The maximum absolute atomic E-state index is 13.9. The molecule has 0 aliphatic carbocycles. The van der Waals surface area contributed by atoms with Crippen molar-refractivity contribution in [2.24, 2.45) is 5.92 Å². The lowest BCUT2D eigenvalue weighted by atomic mass is 9.97. The minimum Gasteiger partial charge on any atom is -0.355 e. The Bertz CT molecular complexity index is 957. The zero-order chi connectivity index (χ0) is 20.3. The van der Waals surface area contributed by atoms with Crippen molar-refractivity contribution in [1.29, 1.82) is 0 Å². The van der Waals surface area contributed by atoms with Crippen LogP contribution >= 0.6 is 27.3 Å². The lowest BCUT2D eigenvalue weighted by molar-refractivity contribution is -0.126. The SMILES string of the molecule is O=C(NCCc1ccc(Br)s1)C1CCN(S(=O)(=O)c2cc(F)ccc2F)CC1. The Hall–Kier alpha value is -1.36. The van der Waals surface area contributed by atoms with Crippen LogP contribution in [0.5, 0.6) is 0 Å². The Balaban J connectivity index is 1.53. The lowest BCUT2D eigenvalue weighted by Gasteiger charge is -2.30. The molecule has 3 rings (SSSR count). The zero-order valence-electron chi connectivity index (χ0n) is 14.8. The fourth-order valence-electron chi connectivity index (χ4n) is 3.11. The number of hydrogen-bond acceptors (Lipinski definition) is 4. The summed E-state index contributed by atoms with van der Waals surface area (Å²) in [4.78, 5) is 12.8. The van der Waals surface area contributed by atoms with Crippen LogP contribution < -0.4 is 5.32 Å². The molecule has 2 heterocycles. The second-order valence-electron chi connectivity index (χ2n) is 6.50. The molecule has 1 aliphatic heterocycles. The number of sulfonamides is 1. The normalized spacial score (nSPS) is 16.2. The second kappa shape index (κ2) is 8.98. The first-order valence-corrected chi connectivity index (χ1v) is 11.8. The molecule has 1 fully saturated rings. The van der Waals surface area contributed by atoms with E-state index >= 15 is 0 Å². The van der Waals surface area contributed by atoms with Crippen LogP contribution in [0.2, 0.25) is 0 Å². The van der Waals surface area contributed by atoms with Gasteiger partial charge < -0.3 is 5.32 Å². The van der Waals surface area contributed by atoms with Crippen molar-refractivity contribution in [2.75, 3.05) is 19.6 Å². The predicted octanol–water partition coefficient (Wildman–Crippen LogP) is 3.55. The van der Waals surface area contributed by atoms with Crippen molar-refractivity contribution in [1.82, 2.24) is 9.62 Å². The van der Waals surface area contributed by atoms with Crippen molar-refractivity contribution in [3.8, 4) is 0 Å². The van der Waals surface area contributed by atoms with Gasteiger partial charge >= 0.3 is 0 Å². The molecule has 1 aromatic carbocycles. The lowest BCUT2D eigenvalue weighted by Crippen LogP contribution is -2.43. The van der Waals surface area contributed by atoms with Crippen molar-refractivity contribution in [3.63, 3.8) is 0 Å². The number of thiophene rings is 1. The molecule has 1 N–H and O–H groups in total. The highest BCUT2D eigenvalue weighted by atomic mass is 79.9. The van der Waals surface area contributed by atoms with Crippen LogP contribution in [0.1, 0.15) is 17.7 Å². The predicted molar refractivity (Wildman–Crippen MR) is 107 cm³/mol. The number of rotatable bonds is 6. The number of piperidine rings is 1. The third kappa shape index (κ3) is 4.97. The van der Waals surface area contributed by atoms with Gasteiger partial charge in [-0.25, -0.2) is 17.2 Å². The van der Waals surface area contributed by atoms with Gasteiger partial charge in [0.2, 0.25) is 15.9 Å². The number of carbonyl (C=O) groups excluding carboxylic acids is 1. The van der Waals surface area contributed by atoms with Gasteiger partial charge in [0.1, 0.15) is 16.5 Å². The van der Waals surface area contributed by atoms with Crippen LogP contribution in [0.3, 0.4) is 0 Å². The van der Waals surface area contributed by atoms with Crippen molar-refractivity contribution >= 4 is 43.2 Å². The van der Waals surface area contributed by atoms with E-state index in [1.165, 1.54) is 0 Å². The van der Waals surface area contributed by atoms with Gasteiger partial charge in [-0.3, -0.25) is 4.79 Å². The third-order valence-corrected chi connectivity index (χ3v) is 8.23. The van der Waals surface area contributed by atoms with Gasteiger partial charge in [-0.1, -0.05) is 0 Å². The van der Waals surface area contributed by atoms with Crippen LogP contribution in [0.25, 0.3) is 0 Å². The molecular formula is C18H19BrF2N2O3S2. The summed E-state index contributed by atoms with van der Waals surface area (Å²) in [6, 6.07) is 6.32. The summed E-state index contributed by atoms with van der Waals surface area (Å²) in [5, 5.41) is 2.89. The highest BCUT2D eigenvalue weighted by Gasteiger charge is 2.33. The molecule has 0 spiro atoms. The number of nitrogens with one attached hydrogen (secondary N) is 1. The van der Waals surface area contributed by atoms with Crippen molar-refractivity contribution in [3.05, 3.63) is 50.6 Å². The number of benzene rings is 1. The van der Waals surface area contributed by atoms with Gasteiger partial charge in [0.05, 0.1) is 3.79 Å². The molecule has 0 radical (unpaired) electrons. The number of amides is 1. The van der Waals surface area contributed by atoms with Gasteiger partial charge in [-0.15, -0.1) is 11.3 Å². The molecule has 1 aliphatic rings. The maximum Gasteiger partial charge on any atom is 0.246 e. The first kappa shape index (κ1) is 21.4. The summed E-state index contributed by atoms with van der Waals surface area (Å²) < 4.78 is 54.5. The van der Waals surface area contributed by atoms with E-state index in [0.29, 0.717) is 25.5 Å². The van der Waals surface area contributed by atoms with E-state index in [1.807, 2.05) is 12.1 Å². The van der Waals surface area contributed by atoms with E-state index in [2.05, 4.69) is 21.2 Å². The van der Waals surface area contributed by atoms with Crippen LogP contribution in [0.4, 0.5) is 8.78 Å². The molecular weight excluding hydrogens is 474 g/mol. The second-order valence-corrected chi connectivity index (χ2v) is 11.0. The average molecular weight is 493 g/mol. The van der Waals surface area contributed by atoms with E-state index < -0.39 is 26.6 Å². The number of carbonyl (C=O) groups is 1. The standard InChI is InChI=1S/C18H19BrF2N2O3S2/c19-17-4-2-14(27-17)5-8-22-18(24)12-6-9-23(10-7-12)28(25,26)16-11-13(20)1-3-15(16)21/h1-4,11-12H,5-10H2,(H,22,24). The molecule has 1 aromatic heterocycles. The Morgan fingerprint density at radius 3 is 2.57 bits per heavy atom. The van der Waals surface area contributed by atoms with Crippen molar-refractivity contribution < 1.29 is 22.0 Å². The monoisotopic (exact) mass is 492 g/mol. The minimum absolute atomic E-state index is 0.0915. The Morgan fingerprint density at radius 1 is 1.21 bits per heavy atom. The molecule has 0 saturated carbocycles. The highest BCUT2D eigenvalue weighted by molar-refractivity contribution is 9.11. The van der Waals surface area contributed by atoms with Gasteiger partial charge in [0, 0.05) is 30.4 Å². The fraction of sp³-hybridized carbons (Fsp3) is 0.389. The number of hydrogen-bond donors (Lipinski definition) is 1. The topological polar surface area (TPSA) is 66.5 Å². The molecule has 10 heteroatoms. The molecule has 0 unspecified atom stereocenters. The summed E-state index contributed by atoms with van der Waals surface area (Å²) in [6.07, 6.45) is 1.41. The van der Waals surface area contributed by atoms with E-state index in [9.17, 15) is 22.0 Å². The first-order chi connectivity index (χ1) is 13.3. The van der Waals surface area contributed by atoms with Gasteiger partial charge in [-0.05, 0) is 65.5 Å². The van der Waals surface area contributed by atoms with Gasteiger partial charge in [0.25, 0.3) is 0 Å². The summed E-state index contributed by atoms with van der Waals surface area (Å²) >= 11 is 5.01. The molecule has 28 heavy (non-hydrogen) atoms. The Morgan fingerprint density at radius 2 is 1.93 bits per heavy atom. The van der Waals surface area contributed by atoms with Gasteiger partial charge in [0.15, 0.2) is 0 Å². The van der Waals surface area contributed by atoms with E-state index in [0.717, 1.165) is 31.5 Å². The highest BCUT2D eigenvalue weighted by Crippen LogP contribution is 2.26. The Labute approximate surface area is 174 Å². The molecule has 2 aromatic rings. The summed E-state index contributed by atoms with van der Waals surface area (Å²) in [5.41, 5.74) is 0. The largest absolute Gasteiger partial charge is 0.355 e. The number of nitrogens with zero attached hydrogens (tertiary/aromatic N) is 1. The maximum atomic E-state index is 13.9. The molecule has 1 amide bonds. The summed E-state index contributed by atoms with van der Waals surface area (Å²) in [5.74, 6) is -2.20. The van der Waals surface area contributed by atoms with Gasteiger partial charge in [-0.2, -0.15) is 4.31 Å². The third-order valence-electron chi connectivity index (χ3n) is 4.64. The molecule has 0 atom stereocenters. The smallest absolute Gasteiger partial charge is 0.246 e. The van der Waals surface area contributed by atoms with E-state index in [-0.39, 0.29) is 24.9 Å². The number of halogens is 3. The molecule has 1 saturated heterocycles. The van der Waals surface area contributed by atoms with Crippen LogP contribution in [0.15, 0.2) is 39.0 Å². The van der Waals surface area contributed by atoms with E-state index in [4.69, 9.17) is 0 Å². The fourth-order valence-corrected chi connectivity index (χ4v) is 6.14. The van der Waals surface area contributed by atoms with Crippen LogP contribution in [0, 0.1) is 17.6 Å². The zero-order valence-corrected chi connectivity index (χ0v) is 18.0. The molecule has 5 nitrogen and oxygen atoms in total. The summed E-state index contributed by atoms with van der Waals surface area (Å²) in [7, 11) is -4.13.